The third-order valence-electron chi connectivity index (χ3n) is 2.41. The lowest BCUT2D eigenvalue weighted by Gasteiger charge is -2.11. The second kappa shape index (κ2) is 7.25. The van der Waals surface area contributed by atoms with Crippen molar-refractivity contribution in [3.63, 3.8) is 0 Å². The Hall–Kier alpha value is -1.13. The number of rotatable bonds is 7. The maximum Gasteiger partial charge on any atom is 0.213 e. The number of aromatic nitrogens is 1. The summed E-state index contributed by atoms with van der Waals surface area (Å²) < 4.78 is 10.4. The van der Waals surface area contributed by atoms with E-state index >= 15 is 0 Å². The van der Waals surface area contributed by atoms with Gasteiger partial charge in [0.1, 0.15) is 6.61 Å². The highest BCUT2D eigenvalue weighted by atomic mass is 16.5. The zero-order chi connectivity index (χ0) is 12.7. The lowest BCUT2D eigenvalue weighted by atomic mass is 10.2. The van der Waals surface area contributed by atoms with Gasteiger partial charge >= 0.3 is 0 Å². The van der Waals surface area contributed by atoms with Crippen LogP contribution in [0.5, 0.6) is 5.88 Å². The Morgan fingerprint density at radius 1 is 1.29 bits per heavy atom. The first-order valence-corrected chi connectivity index (χ1v) is 5.95. The number of aryl methyl sites for hydroxylation is 1. The van der Waals surface area contributed by atoms with E-state index in [9.17, 15) is 0 Å². The number of methoxy groups -OCH3 is 1. The zero-order valence-electron chi connectivity index (χ0n) is 11.1. The van der Waals surface area contributed by atoms with E-state index in [1.165, 1.54) is 5.56 Å². The van der Waals surface area contributed by atoms with Crippen LogP contribution < -0.4 is 10.1 Å². The average Bonchev–Trinajstić information content (AvgIpc) is 2.28. The minimum Gasteiger partial charge on any atom is -0.475 e. The van der Waals surface area contributed by atoms with Gasteiger partial charge in [0.25, 0.3) is 0 Å². The average molecular weight is 238 g/mol. The van der Waals surface area contributed by atoms with Gasteiger partial charge in [0.05, 0.1) is 6.61 Å². The van der Waals surface area contributed by atoms with E-state index in [2.05, 4.69) is 30.2 Å². The normalized spacial score (nSPS) is 10.9. The molecule has 0 bridgehead atoms. The van der Waals surface area contributed by atoms with Gasteiger partial charge in [0, 0.05) is 31.5 Å². The first-order valence-electron chi connectivity index (χ1n) is 5.95. The number of pyridine rings is 1. The highest BCUT2D eigenvalue weighted by molar-refractivity contribution is 5.24. The molecule has 17 heavy (non-hydrogen) atoms. The van der Waals surface area contributed by atoms with Gasteiger partial charge in [0.2, 0.25) is 5.88 Å². The number of hydrogen-bond donors (Lipinski definition) is 1. The first-order chi connectivity index (χ1) is 8.13. The second-order valence-electron chi connectivity index (χ2n) is 4.27. The zero-order valence-corrected chi connectivity index (χ0v) is 11.1. The van der Waals surface area contributed by atoms with Gasteiger partial charge < -0.3 is 14.8 Å². The van der Waals surface area contributed by atoms with E-state index < -0.39 is 0 Å². The number of nitrogens with one attached hydrogen (secondary N) is 1. The van der Waals surface area contributed by atoms with Crippen LogP contribution in [0.15, 0.2) is 12.1 Å². The Kier molecular flexibility index (Phi) is 5.94. The molecule has 4 nitrogen and oxygen atoms in total. The molecule has 0 aromatic carbocycles. The van der Waals surface area contributed by atoms with Gasteiger partial charge in [0.15, 0.2) is 0 Å². The van der Waals surface area contributed by atoms with Crippen molar-refractivity contribution in [3.05, 3.63) is 23.4 Å². The molecule has 1 heterocycles. The summed E-state index contributed by atoms with van der Waals surface area (Å²) in [6, 6.07) is 4.44. The van der Waals surface area contributed by atoms with Crippen LogP contribution in [-0.2, 0) is 11.3 Å². The molecular formula is C13H22N2O2. The van der Waals surface area contributed by atoms with Crippen LogP contribution in [0.4, 0.5) is 0 Å². The molecule has 1 N–H and O–H groups in total. The minimum atomic E-state index is 0.479. The van der Waals surface area contributed by atoms with Crippen LogP contribution in [0.3, 0.4) is 0 Å². The third kappa shape index (κ3) is 5.15. The standard InChI is InChI=1S/C13H22N2O2/c1-10(2)14-9-12-5-6-13(15-11(12)3)17-8-7-16-4/h5-6,10,14H,7-9H2,1-4H3. The largest absolute Gasteiger partial charge is 0.475 e. The summed E-state index contributed by atoms with van der Waals surface area (Å²) in [5.74, 6) is 0.660. The van der Waals surface area contributed by atoms with Gasteiger partial charge in [-0.2, -0.15) is 0 Å². The van der Waals surface area contributed by atoms with E-state index in [4.69, 9.17) is 9.47 Å². The van der Waals surface area contributed by atoms with E-state index in [0.717, 1.165) is 12.2 Å². The van der Waals surface area contributed by atoms with Crippen molar-refractivity contribution in [1.29, 1.82) is 0 Å². The molecule has 1 aromatic rings. The van der Waals surface area contributed by atoms with Crippen molar-refractivity contribution in [3.8, 4) is 5.88 Å². The van der Waals surface area contributed by atoms with Gasteiger partial charge in [-0.25, -0.2) is 4.98 Å². The van der Waals surface area contributed by atoms with Gasteiger partial charge in [-0.05, 0) is 12.5 Å². The molecule has 0 fully saturated rings. The Bertz CT molecular complexity index is 340. The molecule has 0 atom stereocenters. The highest BCUT2D eigenvalue weighted by Crippen LogP contribution is 2.12. The van der Waals surface area contributed by atoms with Crippen LogP contribution in [0.25, 0.3) is 0 Å². The van der Waals surface area contributed by atoms with Crippen molar-refractivity contribution >= 4 is 0 Å². The Morgan fingerprint density at radius 2 is 2.06 bits per heavy atom. The van der Waals surface area contributed by atoms with Crippen molar-refractivity contribution in [2.75, 3.05) is 20.3 Å². The molecule has 1 aromatic heterocycles. The molecule has 1 rings (SSSR count). The van der Waals surface area contributed by atoms with Crippen LogP contribution in [0.2, 0.25) is 0 Å². The third-order valence-corrected chi connectivity index (χ3v) is 2.41. The van der Waals surface area contributed by atoms with Crippen molar-refractivity contribution in [2.45, 2.75) is 33.4 Å². The molecule has 0 radical (unpaired) electrons. The summed E-state index contributed by atoms with van der Waals surface area (Å²) >= 11 is 0. The molecule has 0 aliphatic carbocycles. The fourth-order valence-electron chi connectivity index (χ4n) is 1.38. The van der Waals surface area contributed by atoms with E-state index in [1.54, 1.807) is 7.11 Å². The van der Waals surface area contributed by atoms with E-state index in [0.29, 0.717) is 25.1 Å². The molecule has 96 valence electrons. The van der Waals surface area contributed by atoms with E-state index in [-0.39, 0.29) is 0 Å². The Balaban J connectivity index is 2.53. The summed E-state index contributed by atoms with van der Waals surface area (Å²) in [7, 11) is 1.66. The first kappa shape index (κ1) is 13.9. The number of nitrogens with zero attached hydrogens (tertiary/aromatic N) is 1. The van der Waals surface area contributed by atoms with Crippen LogP contribution in [0, 0.1) is 6.92 Å². The monoisotopic (exact) mass is 238 g/mol. The summed E-state index contributed by atoms with van der Waals surface area (Å²) in [5.41, 5.74) is 2.21. The van der Waals surface area contributed by atoms with Crippen molar-refractivity contribution in [2.24, 2.45) is 0 Å². The highest BCUT2D eigenvalue weighted by Gasteiger charge is 2.03. The summed E-state index contributed by atoms with van der Waals surface area (Å²) in [5, 5.41) is 3.37. The lowest BCUT2D eigenvalue weighted by Crippen LogP contribution is -2.22. The molecule has 0 amide bonds. The molecule has 0 saturated heterocycles. The maximum absolute atomic E-state index is 5.45. The predicted molar refractivity (Wildman–Crippen MR) is 68.3 cm³/mol. The molecule has 0 aliphatic rings. The summed E-state index contributed by atoms with van der Waals surface area (Å²) in [4.78, 5) is 4.41. The predicted octanol–water partition coefficient (Wildman–Crippen LogP) is 1.91. The summed E-state index contributed by atoms with van der Waals surface area (Å²) in [6.07, 6.45) is 0. The molecule has 0 unspecified atom stereocenters. The second-order valence-corrected chi connectivity index (χ2v) is 4.27. The fourth-order valence-corrected chi connectivity index (χ4v) is 1.38. The van der Waals surface area contributed by atoms with Crippen LogP contribution in [-0.4, -0.2) is 31.3 Å². The van der Waals surface area contributed by atoms with Crippen molar-refractivity contribution < 1.29 is 9.47 Å². The van der Waals surface area contributed by atoms with E-state index in [1.807, 2.05) is 13.0 Å². The van der Waals surface area contributed by atoms with Crippen molar-refractivity contribution in [1.82, 2.24) is 10.3 Å². The van der Waals surface area contributed by atoms with Crippen LogP contribution >= 0.6 is 0 Å². The Morgan fingerprint density at radius 3 is 2.65 bits per heavy atom. The maximum atomic E-state index is 5.45. The fraction of sp³-hybridized carbons (Fsp3) is 0.615. The smallest absolute Gasteiger partial charge is 0.213 e. The van der Waals surface area contributed by atoms with Crippen LogP contribution in [0.1, 0.15) is 25.1 Å². The number of ether oxygens (including phenoxy) is 2. The van der Waals surface area contributed by atoms with Gasteiger partial charge in [-0.3, -0.25) is 0 Å². The lowest BCUT2D eigenvalue weighted by molar-refractivity contribution is 0.143. The molecule has 4 heteroatoms. The quantitative estimate of drug-likeness (QED) is 0.737. The van der Waals surface area contributed by atoms with Gasteiger partial charge in [-0.1, -0.05) is 19.9 Å². The molecule has 0 aliphatic heterocycles. The number of hydrogen-bond acceptors (Lipinski definition) is 4. The molecule has 0 spiro atoms. The topological polar surface area (TPSA) is 43.4 Å². The summed E-state index contributed by atoms with van der Waals surface area (Å²) in [6.45, 7) is 8.22. The van der Waals surface area contributed by atoms with Gasteiger partial charge in [-0.15, -0.1) is 0 Å². The minimum absolute atomic E-state index is 0.479. The molecule has 0 saturated carbocycles. The Labute approximate surface area is 103 Å². The molecular weight excluding hydrogens is 216 g/mol. The SMILES string of the molecule is COCCOc1ccc(CNC(C)C)c(C)n1.